The van der Waals surface area contributed by atoms with Gasteiger partial charge in [-0.15, -0.1) is 0 Å². The zero-order valence-electron chi connectivity index (χ0n) is 28.3. The van der Waals surface area contributed by atoms with Gasteiger partial charge >= 0.3 is 0 Å². The minimum atomic E-state index is -1.78. The van der Waals surface area contributed by atoms with Gasteiger partial charge in [-0.25, -0.2) is 0 Å². The fraction of sp³-hybridized carbons (Fsp3) is 1.00. The van der Waals surface area contributed by atoms with Gasteiger partial charge in [0, 0.05) is 17.3 Å². The first kappa shape index (κ1) is 37.5. The van der Waals surface area contributed by atoms with Crippen molar-refractivity contribution in [3.05, 3.63) is 0 Å². The summed E-state index contributed by atoms with van der Waals surface area (Å²) in [6.07, 6.45) is 0.940. The molecule has 0 saturated carbocycles. The molecule has 1 rings (SSSR count). The first-order valence-corrected chi connectivity index (χ1v) is 16.8. The van der Waals surface area contributed by atoms with Crippen LogP contribution in [0.4, 0.5) is 0 Å². The Kier molecular flexibility index (Phi) is 14.2. The monoisotopic (exact) mass is 592 g/mol. The molecule has 3 nitrogen and oxygen atoms in total. The van der Waals surface area contributed by atoms with Gasteiger partial charge in [-0.1, -0.05) is 127 Å². The van der Waals surface area contributed by atoms with Gasteiger partial charge < -0.3 is 14.6 Å². The predicted octanol–water partition coefficient (Wildman–Crippen LogP) is 9.97. The second-order valence-corrected chi connectivity index (χ2v) is 16.6. The Morgan fingerprint density at radius 2 is 0.974 bits per heavy atom. The van der Waals surface area contributed by atoms with Crippen molar-refractivity contribution in [3.63, 3.8) is 0 Å². The summed E-state index contributed by atoms with van der Waals surface area (Å²) in [6.45, 7) is 35.6. The maximum Gasteiger partial charge on any atom is 0.187 e. The summed E-state index contributed by atoms with van der Waals surface area (Å²) >= 11 is 15.7. The summed E-state index contributed by atoms with van der Waals surface area (Å²) in [5.41, 5.74) is -0.0865. The van der Waals surface area contributed by atoms with E-state index in [0.717, 1.165) is 6.42 Å². The molecule has 1 aliphatic heterocycles. The van der Waals surface area contributed by atoms with Crippen LogP contribution in [0.1, 0.15) is 110 Å². The van der Waals surface area contributed by atoms with Gasteiger partial charge in [-0.05, 0) is 65.6 Å². The number of ether oxygens (including phenoxy) is 2. The molecule has 1 N–H and O–H groups in total. The van der Waals surface area contributed by atoms with Crippen molar-refractivity contribution in [3.8, 4) is 0 Å². The average Bonchev–Trinajstić information content (AvgIpc) is 2.74. The van der Waals surface area contributed by atoms with Gasteiger partial charge in [-0.3, -0.25) is 0 Å². The lowest BCUT2D eigenvalue weighted by atomic mass is 9.59. The summed E-state index contributed by atoms with van der Waals surface area (Å²) in [6, 6.07) is 0. The molecule has 0 spiro atoms. The van der Waals surface area contributed by atoms with E-state index in [0.29, 0.717) is 55.3 Å². The smallest absolute Gasteiger partial charge is 0.187 e. The minimum Gasteiger partial charge on any atom is -0.380 e. The standard InChI is InChI=1S/C34H66Cl2O3/c1-16-32(17-38-18-32)19-39-34(36,33(35,37)30(26(14)15)27(20(2)3)21(4)5)31(28(22(6)7)23(8)9)29(24(10)11)25(12)13/h20-31,37H,16-19H2,1-15H3. The van der Waals surface area contributed by atoms with E-state index in [2.05, 4.69) is 104 Å². The molecule has 0 bridgehead atoms. The van der Waals surface area contributed by atoms with Gasteiger partial charge in [0.15, 0.2) is 10.1 Å². The van der Waals surface area contributed by atoms with Crippen LogP contribution in [-0.2, 0) is 9.47 Å². The molecule has 1 fully saturated rings. The van der Waals surface area contributed by atoms with E-state index < -0.39 is 10.1 Å². The summed E-state index contributed by atoms with van der Waals surface area (Å²) < 4.78 is 12.7. The lowest BCUT2D eigenvalue weighted by molar-refractivity contribution is -0.233. The molecule has 1 saturated heterocycles. The highest BCUT2D eigenvalue weighted by Crippen LogP contribution is 2.59. The Labute approximate surface area is 253 Å². The van der Waals surface area contributed by atoms with Crippen molar-refractivity contribution < 1.29 is 14.6 Å². The third-order valence-corrected chi connectivity index (χ3v) is 11.4. The zero-order valence-corrected chi connectivity index (χ0v) is 29.8. The molecule has 1 heterocycles. The topological polar surface area (TPSA) is 38.7 Å². The molecule has 0 aliphatic carbocycles. The van der Waals surface area contributed by atoms with E-state index in [-0.39, 0.29) is 40.9 Å². The van der Waals surface area contributed by atoms with Crippen LogP contribution in [0.2, 0.25) is 0 Å². The molecule has 0 aromatic carbocycles. The second kappa shape index (κ2) is 14.8. The van der Waals surface area contributed by atoms with Gasteiger partial charge in [0.05, 0.1) is 19.8 Å². The molecule has 234 valence electrons. The summed E-state index contributed by atoms with van der Waals surface area (Å²) in [5, 5.41) is 9.70. The Morgan fingerprint density at radius 3 is 1.21 bits per heavy atom. The van der Waals surface area contributed by atoms with Gasteiger partial charge in [0.2, 0.25) is 0 Å². The van der Waals surface area contributed by atoms with E-state index in [9.17, 15) is 5.11 Å². The van der Waals surface area contributed by atoms with E-state index in [1.54, 1.807) is 0 Å². The maximum atomic E-state index is 13.0. The third-order valence-electron chi connectivity index (χ3n) is 10.1. The molecule has 1 aliphatic rings. The van der Waals surface area contributed by atoms with Gasteiger partial charge in [0.1, 0.15) is 0 Å². The normalized spacial score (nSPS) is 20.5. The molecule has 0 radical (unpaired) electrons. The summed E-state index contributed by atoms with van der Waals surface area (Å²) in [7, 11) is 0. The van der Waals surface area contributed by atoms with E-state index in [1.165, 1.54) is 0 Å². The van der Waals surface area contributed by atoms with Crippen molar-refractivity contribution in [2.45, 2.75) is 120 Å². The maximum absolute atomic E-state index is 13.0. The number of alkyl halides is 2. The van der Waals surface area contributed by atoms with Crippen LogP contribution in [0, 0.1) is 76.4 Å². The molecule has 39 heavy (non-hydrogen) atoms. The number of rotatable bonds is 17. The highest BCUT2D eigenvalue weighted by molar-refractivity contribution is 6.33. The van der Waals surface area contributed by atoms with Crippen molar-refractivity contribution in [2.75, 3.05) is 19.8 Å². The van der Waals surface area contributed by atoms with E-state index in [1.807, 2.05) is 0 Å². The largest absolute Gasteiger partial charge is 0.380 e. The zero-order chi connectivity index (χ0) is 30.7. The van der Waals surface area contributed by atoms with Crippen molar-refractivity contribution in [2.24, 2.45) is 76.4 Å². The van der Waals surface area contributed by atoms with Gasteiger partial charge in [0.25, 0.3) is 0 Å². The molecule has 0 aromatic rings. The fourth-order valence-electron chi connectivity index (χ4n) is 8.39. The molecule has 0 aromatic heterocycles. The average molecular weight is 594 g/mol. The first-order valence-electron chi connectivity index (χ1n) is 16.0. The molecule has 3 unspecified atom stereocenters. The third kappa shape index (κ3) is 8.10. The molecular weight excluding hydrogens is 527 g/mol. The van der Waals surface area contributed by atoms with Crippen LogP contribution >= 0.6 is 23.2 Å². The summed E-state index contributed by atoms with van der Waals surface area (Å²) in [4.78, 5) is 0. The molecule has 0 amide bonds. The van der Waals surface area contributed by atoms with Crippen molar-refractivity contribution in [1.82, 2.24) is 0 Å². The fourth-order valence-corrected chi connectivity index (χ4v) is 9.44. The minimum absolute atomic E-state index is 0.0865. The van der Waals surface area contributed by atoms with Crippen LogP contribution in [-0.4, -0.2) is 35.0 Å². The highest BCUT2D eigenvalue weighted by atomic mass is 35.5. The van der Waals surface area contributed by atoms with Crippen LogP contribution < -0.4 is 0 Å². The first-order chi connectivity index (χ1) is 17.7. The van der Waals surface area contributed by atoms with Crippen LogP contribution in [0.5, 0.6) is 0 Å². The van der Waals surface area contributed by atoms with E-state index >= 15 is 0 Å². The van der Waals surface area contributed by atoms with Crippen LogP contribution in [0.15, 0.2) is 0 Å². The highest BCUT2D eigenvalue weighted by Gasteiger charge is 2.65. The number of hydrogen-bond donors (Lipinski definition) is 1. The lowest BCUT2D eigenvalue weighted by Crippen LogP contribution is -2.65. The Balaban J connectivity index is 4.08. The number of hydrogen-bond acceptors (Lipinski definition) is 3. The predicted molar refractivity (Wildman–Crippen MR) is 170 cm³/mol. The molecular formula is C34H66Cl2O3. The lowest BCUT2D eigenvalue weighted by Gasteiger charge is -2.58. The van der Waals surface area contributed by atoms with Crippen LogP contribution in [0.3, 0.4) is 0 Å². The SMILES string of the molecule is CCC1(COC(Cl)(C(C(C(C)C)C(C)C)C(C(C)C)C(C)C)C(O)(Cl)C(C(C)C)C(C(C)C)C(C)C)COC1. The van der Waals surface area contributed by atoms with Gasteiger partial charge in [-0.2, -0.15) is 0 Å². The molecule has 3 atom stereocenters. The van der Waals surface area contributed by atoms with E-state index in [4.69, 9.17) is 32.7 Å². The Morgan fingerprint density at radius 1 is 0.641 bits per heavy atom. The Bertz CT molecular complexity index is 662. The van der Waals surface area contributed by atoms with Crippen molar-refractivity contribution in [1.29, 1.82) is 0 Å². The second-order valence-electron chi connectivity index (χ2n) is 15.4. The quantitative estimate of drug-likeness (QED) is 0.171. The van der Waals surface area contributed by atoms with Crippen molar-refractivity contribution >= 4 is 23.2 Å². The Hall–Kier alpha value is 0.460. The van der Waals surface area contributed by atoms with Crippen LogP contribution in [0.25, 0.3) is 0 Å². The number of halogens is 2. The number of aliphatic hydroxyl groups is 1. The summed E-state index contributed by atoms with van der Waals surface area (Å²) in [5.74, 6) is 2.36. The molecule has 5 heteroatoms.